The first-order valence-corrected chi connectivity index (χ1v) is 6.86. The average Bonchev–Trinajstić information content (AvgIpc) is 2.34. The maximum Gasteiger partial charge on any atom is 0.312 e. The smallest absolute Gasteiger partial charge is 0.312 e. The Kier molecular flexibility index (Phi) is 4.38. The van der Waals surface area contributed by atoms with Gasteiger partial charge >= 0.3 is 5.69 Å². The van der Waals surface area contributed by atoms with Gasteiger partial charge in [0, 0.05) is 21.2 Å². The molecule has 1 aromatic carbocycles. The number of rotatable bonds is 3. The molecule has 0 saturated carbocycles. The second-order valence-electron chi connectivity index (χ2n) is 3.41. The lowest BCUT2D eigenvalue weighted by molar-refractivity contribution is -0.385. The fourth-order valence-electron chi connectivity index (χ4n) is 1.30. The van der Waals surface area contributed by atoms with Crippen molar-refractivity contribution in [3.63, 3.8) is 0 Å². The van der Waals surface area contributed by atoms with Gasteiger partial charge in [0.1, 0.15) is 5.02 Å². The maximum atomic E-state index is 10.9. The minimum absolute atomic E-state index is 0.0740. The van der Waals surface area contributed by atoms with E-state index in [4.69, 9.17) is 16.3 Å². The van der Waals surface area contributed by atoms with Gasteiger partial charge in [-0.15, -0.1) is 0 Å². The number of nitro groups is 1. The Bertz CT molecular complexity index is 652. The summed E-state index contributed by atoms with van der Waals surface area (Å²) in [4.78, 5) is 14.4. The molecule has 0 radical (unpaired) electrons. The molecule has 0 aliphatic rings. The lowest BCUT2D eigenvalue weighted by atomic mass is 10.3. The molecule has 0 bridgehead atoms. The highest BCUT2D eigenvalue weighted by Gasteiger charge is 2.18. The molecular weight excluding hydrogens is 403 g/mol. The SMILES string of the molecule is O=[N+]([O-])c1cc(Br)ccc1Oc1ncc(Br)cc1Cl. The molecule has 0 saturated heterocycles. The Hall–Kier alpha value is -1.18. The summed E-state index contributed by atoms with van der Waals surface area (Å²) in [6.45, 7) is 0. The van der Waals surface area contributed by atoms with Crippen molar-refractivity contribution in [3.05, 3.63) is 54.5 Å². The first kappa shape index (κ1) is 14.2. The fourth-order valence-corrected chi connectivity index (χ4v) is 2.32. The van der Waals surface area contributed by atoms with Crippen molar-refractivity contribution < 1.29 is 9.66 Å². The second kappa shape index (κ2) is 5.85. The molecule has 1 heterocycles. The summed E-state index contributed by atoms with van der Waals surface area (Å²) in [6.07, 6.45) is 1.49. The first-order valence-electron chi connectivity index (χ1n) is 4.90. The van der Waals surface area contributed by atoms with E-state index >= 15 is 0 Å². The van der Waals surface area contributed by atoms with Crippen LogP contribution in [0.4, 0.5) is 5.69 Å². The van der Waals surface area contributed by atoms with Crippen molar-refractivity contribution >= 4 is 49.1 Å². The zero-order chi connectivity index (χ0) is 14.0. The summed E-state index contributed by atoms with van der Waals surface area (Å²) in [5, 5.41) is 11.2. The number of ether oxygens (including phenoxy) is 1. The van der Waals surface area contributed by atoms with Crippen LogP contribution in [0.25, 0.3) is 0 Å². The van der Waals surface area contributed by atoms with E-state index in [1.807, 2.05) is 0 Å². The van der Waals surface area contributed by atoms with E-state index in [9.17, 15) is 10.1 Å². The number of hydrogen-bond donors (Lipinski definition) is 0. The Balaban J connectivity index is 2.40. The van der Waals surface area contributed by atoms with Crippen molar-refractivity contribution in [1.82, 2.24) is 4.98 Å². The van der Waals surface area contributed by atoms with Crippen LogP contribution in [-0.2, 0) is 0 Å². The van der Waals surface area contributed by atoms with Gasteiger partial charge in [-0.05, 0) is 34.1 Å². The molecule has 19 heavy (non-hydrogen) atoms. The van der Waals surface area contributed by atoms with E-state index < -0.39 is 4.92 Å². The molecule has 0 atom stereocenters. The van der Waals surface area contributed by atoms with Crippen molar-refractivity contribution in [1.29, 1.82) is 0 Å². The molecule has 0 aliphatic carbocycles. The monoisotopic (exact) mass is 406 g/mol. The molecule has 0 aliphatic heterocycles. The summed E-state index contributed by atoms with van der Waals surface area (Å²) in [7, 11) is 0. The van der Waals surface area contributed by atoms with E-state index in [0.717, 1.165) is 0 Å². The van der Waals surface area contributed by atoms with E-state index in [-0.39, 0.29) is 22.3 Å². The molecule has 2 aromatic rings. The van der Waals surface area contributed by atoms with Crippen LogP contribution in [-0.4, -0.2) is 9.91 Å². The van der Waals surface area contributed by atoms with Gasteiger partial charge < -0.3 is 4.74 Å². The fraction of sp³-hybridized carbons (Fsp3) is 0. The lowest BCUT2D eigenvalue weighted by Gasteiger charge is -2.07. The number of benzene rings is 1. The Morgan fingerprint density at radius 1 is 1.26 bits per heavy atom. The molecule has 98 valence electrons. The van der Waals surface area contributed by atoms with Crippen LogP contribution in [0.2, 0.25) is 5.02 Å². The molecule has 0 spiro atoms. The van der Waals surface area contributed by atoms with Gasteiger partial charge in [-0.25, -0.2) is 4.98 Å². The van der Waals surface area contributed by atoms with Gasteiger partial charge in [-0.1, -0.05) is 27.5 Å². The molecule has 0 fully saturated rings. The van der Waals surface area contributed by atoms with Crippen LogP contribution in [0.15, 0.2) is 39.4 Å². The van der Waals surface area contributed by atoms with Crippen molar-refractivity contribution in [2.75, 3.05) is 0 Å². The zero-order valence-electron chi connectivity index (χ0n) is 9.14. The van der Waals surface area contributed by atoms with Crippen LogP contribution in [0.1, 0.15) is 0 Å². The number of halogens is 3. The van der Waals surface area contributed by atoms with Gasteiger partial charge in [0.25, 0.3) is 0 Å². The van der Waals surface area contributed by atoms with Crippen molar-refractivity contribution in [2.24, 2.45) is 0 Å². The summed E-state index contributed by atoms with van der Waals surface area (Å²) in [5.74, 6) is 0.181. The predicted molar refractivity (Wildman–Crippen MR) is 77.8 cm³/mol. The highest BCUT2D eigenvalue weighted by molar-refractivity contribution is 9.10. The molecule has 0 unspecified atom stereocenters. The van der Waals surface area contributed by atoms with E-state index in [1.54, 1.807) is 12.1 Å². The second-order valence-corrected chi connectivity index (χ2v) is 5.65. The molecule has 0 amide bonds. The highest BCUT2D eigenvalue weighted by Crippen LogP contribution is 2.35. The van der Waals surface area contributed by atoms with Crippen LogP contribution < -0.4 is 4.74 Å². The van der Waals surface area contributed by atoms with Gasteiger partial charge in [0.15, 0.2) is 0 Å². The third kappa shape index (κ3) is 3.43. The molecule has 8 heteroatoms. The van der Waals surface area contributed by atoms with Crippen LogP contribution in [0.3, 0.4) is 0 Å². The highest BCUT2D eigenvalue weighted by atomic mass is 79.9. The van der Waals surface area contributed by atoms with E-state index in [0.29, 0.717) is 8.95 Å². The van der Waals surface area contributed by atoms with Gasteiger partial charge in [-0.3, -0.25) is 10.1 Å². The standard InChI is InChI=1S/C11H5Br2ClN2O3/c12-6-1-2-10(9(4-6)16(17)18)19-11-8(14)3-7(13)5-15-11/h1-5H. The molecule has 1 aromatic heterocycles. The predicted octanol–water partition coefficient (Wildman–Crippen LogP) is 4.96. The third-order valence-electron chi connectivity index (χ3n) is 2.10. The molecule has 2 rings (SSSR count). The van der Waals surface area contributed by atoms with Crippen LogP contribution >= 0.6 is 43.5 Å². The molecular formula is C11H5Br2ClN2O3. The molecule has 5 nitrogen and oxygen atoms in total. The largest absolute Gasteiger partial charge is 0.430 e. The Labute approximate surface area is 130 Å². The van der Waals surface area contributed by atoms with Gasteiger partial charge in [-0.2, -0.15) is 0 Å². The van der Waals surface area contributed by atoms with Crippen molar-refractivity contribution in [3.8, 4) is 11.6 Å². The van der Waals surface area contributed by atoms with E-state index in [1.165, 1.54) is 18.3 Å². The number of nitrogens with zero attached hydrogens (tertiary/aromatic N) is 2. The quantitative estimate of drug-likeness (QED) is 0.532. The summed E-state index contributed by atoms with van der Waals surface area (Å²) in [6, 6.07) is 6.05. The average molecular weight is 408 g/mol. The summed E-state index contributed by atoms with van der Waals surface area (Å²) in [5.41, 5.74) is -0.171. The zero-order valence-corrected chi connectivity index (χ0v) is 13.1. The van der Waals surface area contributed by atoms with Crippen molar-refractivity contribution in [2.45, 2.75) is 0 Å². The summed E-state index contributed by atoms with van der Waals surface area (Å²) >= 11 is 12.3. The minimum atomic E-state index is -0.535. The van der Waals surface area contributed by atoms with Gasteiger partial charge in [0.2, 0.25) is 11.6 Å². The maximum absolute atomic E-state index is 10.9. The normalized spacial score (nSPS) is 10.3. The number of pyridine rings is 1. The Morgan fingerprint density at radius 2 is 2.00 bits per heavy atom. The Morgan fingerprint density at radius 3 is 2.63 bits per heavy atom. The first-order chi connectivity index (χ1) is 8.97. The number of aromatic nitrogens is 1. The van der Waals surface area contributed by atoms with Gasteiger partial charge in [0.05, 0.1) is 4.92 Å². The van der Waals surface area contributed by atoms with Crippen LogP contribution in [0, 0.1) is 10.1 Å². The van der Waals surface area contributed by atoms with Crippen LogP contribution in [0.5, 0.6) is 11.6 Å². The number of hydrogen-bond acceptors (Lipinski definition) is 4. The van der Waals surface area contributed by atoms with E-state index in [2.05, 4.69) is 36.8 Å². The minimum Gasteiger partial charge on any atom is -0.430 e. The summed E-state index contributed by atoms with van der Waals surface area (Å²) < 4.78 is 6.66. The number of nitro benzene ring substituents is 1. The topological polar surface area (TPSA) is 65.3 Å². The lowest BCUT2D eigenvalue weighted by Crippen LogP contribution is -1.95. The molecule has 0 N–H and O–H groups in total. The third-order valence-corrected chi connectivity index (χ3v) is 3.30.